The van der Waals surface area contributed by atoms with Crippen molar-refractivity contribution < 1.29 is 4.74 Å². The van der Waals surface area contributed by atoms with E-state index in [1.807, 2.05) is 6.07 Å². The highest BCUT2D eigenvalue weighted by atomic mass is 35.5. The molecule has 2 unspecified atom stereocenters. The highest BCUT2D eigenvalue weighted by Crippen LogP contribution is 2.35. The minimum atomic E-state index is 0.594. The zero-order chi connectivity index (χ0) is 14.1. The highest BCUT2D eigenvalue weighted by molar-refractivity contribution is 6.30. The van der Waals surface area contributed by atoms with Crippen molar-refractivity contribution in [1.29, 1.82) is 0 Å². The third kappa shape index (κ3) is 2.67. The average molecular weight is 295 g/mol. The minimum Gasteiger partial charge on any atom is -0.493 e. The maximum Gasteiger partial charge on any atom is 0.127 e. The van der Waals surface area contributed by atoms with E-state index < -0.39 is 0 Å². The molecule has 1 fully saturated rings. The Kier molecular flexibility index (Phi) is 4.20. The predicted molar refractivity (Wildman–Crippen MR) is 82.3 cm³/mol. The minimum absolute atomic E-state index is 0.594. The smallest absolute Gasteiger partial charge is 0.127 e. The van der Waals surface area contributed by atoms with E-state index >= 15 is 0 Å². The number of benzene rings is 1. The molecule has 2 aliphatic rings. The summed E-state index contributed by atoms with van der Waals surface area (Å²) in [5.74, 6) is 1.69. The van der Waals surface area contributed by atoms with Gasteiger partial charge in [-0.2, -0.15) is 0 Å². The van der Waals surface area contributed by atoms with Crippen LogP contribution >= 0.6 is 11.6 Å². The van der Waals surface area contributed by atoms with Crippen molar-refractivity contribution >= 4 is 11.6 Å². The molecule has 110 valence electrons. The molecule has 1 aliphatic heterocycles. The van der Waals surface area contributed by atoms with Gasteiger partial charge in [-0.15, -0.1) is 0 Å². The standard InChI is InChI=1S/C16H23ClN2O/c1-19(15-4-2-3-12(15)9-18)10-13-8-14(17)7-11-5-6-20-16(11)13/h7-8,12,15H,2-6,9-10,18H2,1H3. The number of rotatable bonds is 4. The molecule has 0 amide bonds. The molecule has 1 aromatic rings. The molecule has 1 aromatic carbocycles. The lowest BCUT2D eigenvalue weighted by molar-refractivity contribution is 0.190. The summed E-state index contributed by atoms with van der Waals surface area (Å²) in [6.07, 6.45) is 4.78. The Morgan fingerprint density at radius 1 is 1.40 bits per heavy atom. The van der Waals surface area contributed by atoms with E-state index in [1.54, 1.807) is 0 Å². The van der Waals surface area contributed by atoms with E-state index in [0.29, 0.717) is 12.0 Å². The molecule has 0 radical (unpaired) electrons. The van der Waals surface area contributed by atoms with Crippen LogP contribution in [-0.4, -0.2) is 31.1 Å². The molecule has 1 heterocycles. The zero-order valence-corrected chi connectivity index (χ0v) is 12.8. The summed E-state index contributed by atoms with van der Waals surface area (Å²) in [5, 5.41) is 0.819. The second-order valence-electron chi connectivity index (χ2n) is 6.06. The number of ether oxygens (including phenoxy) is 1. The van der Waals surface area contributed by atoms with Crippen molar-refractivity contribution in [2.75, 3.05) is 20.2 Å². The van der Waals surface area contributed by atoms with Gasteiger partial charge >= 0.3 is 0 Å². The van der Waals surface area contributed by atoms with E-state index in [2.05, 4.69) is 18.0 Å². The van der Waals surface area contributed by atoms with Gasteiger partial charge in [0.1, 0.15) is 5.75 Å². The van der Waals surface area contributed by atoms with Crippen LogP contribution in [0.5, 0.6) is 5.75 Å². The summed E-state index contributed by atoms with van der Waals surface area (Å²) in [6.45, 7) is 2.46. The molecule has 1 saturated carbocycles. The molecule has 2 atom stereocenters. The van der Waals surface area contributed by atoms with E-state index in [9.17, 15) is 0 Å². The first-order valence-electron chi connectivity index (χ1n) is 7.53. The fourth-order valence-corrected chi connectivity index (χ4v) is 3.99. The predicted octanol–water partition coefficient (Wildman–Crippen LogP) is 2.83. The molecule has 3 rings (SSSR count). The van der Waals surface area contributed by atoms with Crippen molar-refractivity contribution in [3.8, 4) is 5.75 Å². The Labute approximate surface area is 126 Å². The molecule has 20 heavy (non-hydrogen) atoms. The molecule has 0 spiro atoms. The summed E-state index contributed by atoms with van der Waals surface area (Å²) >= 11 is 6.23. The average Bonchev–Trinajstić information content (AvgIpc) is 3.06. The Hall–Kier alpha value is -0.770. The largest absolute Gasteiger partial charge is 0.493 e. The monoisotopic (exact) mass is 294 g/mol. The van der Waals surface area contributed by atoms with Crippen molar-refractivity contribution in [2.45, 2.75) is 38.3 Å². The van der Waals surface area contributed by atoms with Gasteiger partial charge in [-0.1, -0.05) is 18.0 Å². The first-order valence-corrected chi connectivity index (χ1v) is 7.91. The molecule has 3 nitrogen and oxygen atoms in total. The van der Waals surface area contributed by atoms with Crippen LogP contribution in [0.1, 0.15) is 30.4 Å². The van der Waals surface area contributed by atoms with Gasteiger partial charge in [0.15, 0.2) is 0 Å². The SMILES string of the molecule is CN(Cc1cc(Cl)cc2c1OCC2)C1CCCC1CN. The number of nitrogens with zero attached hydrogens (tertiary/aromatic N) is 1. The van der Waals surface area contributed by atoms with E-state index in [4.69, 9.17) is 22.1 Å². The number of fused-ring (bicyclic) bond motifs is 1. The number of hydrogen-bond acceptors (Lipinski definition) is 3. The van der Waals surface area contributed by atoms with Gasteiger partial charge in [0.25, 0.3) is 0 Å². The number of hydrogen-bond donors (Lipinski definition) is 1. The Morgan fingerprint density at radius 2 is 2.25 bits per heavy atom. The van der Waals surface area contributed by atoms with Crippen LogP contribution in [0.4, 0.5) is 0 Å². The van der Waals surface area contributed by atoms with Gasteiger partial charge in [-0.3, -0.25) is 4.90 Å². The van der Waals surface area contributed by atoms with E-state index in [-0.39, 0.29) is 0 Å². The van der Waals surface area contributed by atoms with Crippen LogP contribution in [0.15, 0.2) is 12.1 Å². The van der Waals surface area contributed by atoms with Crippen LogP contribution in [0.2, 0.25) is 5.02 Å². The molecule has 4 heteroatoms. The maximum atomic E-state index is 6.23. The lowest BCUT2D eigenvalue weighted by Gasteiger charge is -2.29. The Bertz CT molecular complexity index is 492. The van der Waals surface area contributed by atoms with Gasteiger partial charge in [-0.05, 0) is 50.0 Å². The van der Waals surface area contributed by atoms with E-state index in [1.165, 1.54) is 30.4 Å². The van der Waals surface area contributed by atoms with Crippen LogP contribution in [0.25, 0.3) is 0 Å². The van der Waals surface area contributed by atoms with Crippen LogP contribution in [-0.2, 0) is 13.0 Å². The third-order valence-corrected chi connectivity index (χ3v) is 4.95. The molecular formula is C16H23ClN2O. The molecule has 0 aromatic heterocycles. The summed E-state index contributed by atoms with van der Waals surface area (Å²) in [7, 11) is 2.20. The number of halogens is 1. The molecule has 0 bridgehead atoms. The van der Waals surface area contributed by atoms with Crippen LogP contribution in [0.3, 0.4) is 0 Å². The molecule has 2 N–H and O–H groups in total. The lowest BCUT2D eigenvalue weighted by Crippen LogP contribution is -2.37. The van der Waals surface area contributed by atoms with Crippen molar-refractivity contribution in [2.24, 2.45) is 11.7 Å². The fourth-order valence-electron chi connectivity index (χ4n) is 3.72. The van der Waals surface area contributed by atoms with Crippen molar-refractivity contribution in [1.82, 2.24) is 4.90 Å². The van der Waals surface area contributed by atoms with Gasteiger partial charge < -0.3 is 10.5 Å². The Balaban J connectivity index is 1.78. The quantitative estimate of drug-likeness (QED) is 0.928. The zero-order valence-electron chi connectivity index (χ0n) is 12.1. The molecule has 0 saturated heterocycles. The van der Waals surface area contributed by atoms with Gasteiger partial charge in [-0.25, -0.2) is 0 Å². The lowest BCUT2D eigenvalue weighted by atomic mass is 10.0. The van der Waals surface area contributed by atoms with Crippen LogP contribution in [0, 0.1) is 5.92 Å². The number of nitrogens with two attached hydrogens (primary N) is 1. The van der Waals surface area contributed by atoms with Crippen LogP contribution < -0.4 is 10.5 Å². The topological polar surface area (TPSA) is 38.5 Å². The third-order valence-electron chi connectivity index (χ3n) is 4.73. The fraction of sp³-hybridized carbons (Fsp3) is 0.625. The van der Waals surface area contributed by atoms with Crippen molar-refractivity contribution in [3.63, 3.8) is 0 Å². The normalized spacial score (nSPS) is 25.0. The van der Waals surface area contributed by atoms with E-state index in [0.717, 1.165) is 36.9 Å². The maximum absolute atomic E-state index is 6.23. The first kappa shape index (κ1) is 14.2. The molecule has 1 aliphatic carbocycles. The summed E-state index contributed by atoms with van der Waals surface area (Å²) in [4.78, 5) is 2.43. The summed E-state index contributed by atoms with van der Waals surface area (Å²) in [5.41, 5.74) is 8.37. The highest BCUT2D eigenvalue weighted by Gasteiger charge is 2.30. The van der Waals surface area contributed by atoms with Gasteiger partial charge in [0.05, 0.1) is 6.61 Å². The second-order valence-corrected chi connectivity index (χ2v) is 6.50. The molecular weight excluding hydrogens is 272 g/mol. The summed E-state index contributed by atoms with van der Waals surface area (Å²) in [6, 6.07) is 4.68. The van der Waals surface area contributed by atoms with Gasteiger partial charge in [0, 0.05) is 29.6 Å². The Morgan fingerprint density at radius 3 is 3.05 bits per heavy atom. The first-order chi connectivity index (χ1) is 9.69. The summed E-state index contributed by atoms with van der Waals surface area (Å²) < 4.78 is 5.79. The van der Waals surface area contributed by atoms with Gasteiger partial charge in [0.2, 0.25) is 0 Å². The van der Waals surface area contributed by atoms with Crippen molar-refractivity contribution in [3.05, 3.63) is 28.3 Å². The second kappa shape index (κ2) is 5.92.